The van der Waals surface area contributed by atoms with E-state index in [-0.39, 0.29) is 24.3 Å². The van der Waals surface area contributed by atoms with Crippen molar-refractivity contribution in [1.29, 1.82) is 0 Å². The quantitative estimate of drug-likeness (QED) is 0.566. The van der Waals surface area contributed by atoms with Gasteiger partial charge < -0.3 is 15.7 Å². The molecule has 1 aromatic carbocycles. The standard InChI is InChI=1S/C20H20F3N5O/c1-12-5-6-15(20(21,22)23)8-16(12)26-18-9-17(14-4-3-7-24-10-14)27-19(28-18)25-13(2)11-29/h3-10,13,29H,11H2,1-2H3,(H2,25,26,27,28)/t13-/m1/s1. The highest BCUT2D eigenvalue weighted by atomic mass is 19.4. The number of rotatable bonds is 6. The molecule has 0 unspecified atom stereocenters. The first-order chi connectivity index (χ1) is 13.8. The maximum Gasteiger partial charge on any atom is 0.416 e. The molecule has 0 amide bonds. The highest BCUT2D eigenvalue weighted by molar-refractivity contribution is 5.68. The minimum absolute atomic E-state index is 0.129. The van der Waals surface area contributed by atoms with E-state index in [0.29, 0.717) is 17.1 Å². The second-order valence-electron chi connectivity index (χ2n) is 6.58. The molecule has 2 aromatic heterocycles. The molecule has 0 saturated heterocycles. The Labute approximate surface area is 165 Å². The maximum absolute atomic E-state index is 13.1. The smallest absolute Gasteiger partial charge is 0.394 e. The normalized spacial score (nSPS) is 12.5. The van der Waals surface area contributed by atoms with Crippen molar-refractivity contribution >= 4 is 17.5 Å². The number of benzene rings is 1. The van der Waals surface area contributed by atoms with Gasteiger partial charge in [-0.15, -0.1) is 0 Å². The molecule has 0 radical (unpaired) electrons. The van der Waals surface area contributed by atoms with Gasteiger partial charge in [-0.2, -0.15) is 18.2 Å². The predicted octanol–water partition coefficient (Wildman–Crippen LogP) is 4.40. The number of alkyl halides is 3. The largest absolute Gasteiger partial charge is 0.416 e. The Bertz CT molecular complexity index is 980. The van der Waals surface area contributed by atoms with Crippen LogP contribution in [0.4, 0.5) is 30.6 Å². The molecule has 0 saturated carbocycles. The average Bonchev–Trinajstić information content (AvgIpc) is 2.69. The van der Waals surface area contributed by atoms with Gasteiger partial charge in [0.05, 0.1) is 17.9 Å². The molecular weight excluding hydrogens is 383 g/mol. The number of aromatic nitrogens is 3. The van der Waals surface area contributed by atoms with Crippen LogP contribution in [-0.4, -0.2) is 32.7 Å². The summed E-state index contributed by atoms with van der Waals surface area (Å²) < 4.78 is 39.2. The van der Waals surface area contributed by atoms with Crippen LogP contribution in [0.25, 0.3) is 11.3 Å². The van der Waals surface area contributed by atoms with Crippen molar-refractivity contribution < 1.29 is 18.3 Å². The van der Waals surface area contributed by atoms with E-state index in [1.807, 2.05) is 6.07 Å². The van der Waals surface area contributed by atoms with Crippen LogP contribution in [0.3, 0.4) is 0 Å². The number of nitrogens with one attached hydrogen (secondary N) is 2. The third kappa shape index (κ3) is 5.20. The summed E-state index contributed by atoms with van der Waals surface area (Å²) in [5.74, 6) is 0.550. The fraction of sp³-hybridized carbons (Fsp3) is 0.250. The van der Waals surface area contributed by atoms with Crippen LogP contribution in [-0.2, 0) is 6.18 Å². The SMILES string of the molecule is Cc1ccc(C(F)(F)F)cc1Nc1cc(-c2cccnc2)nc(N[C@H](C)CO)n1. The molecule has 0 aliphatic carbocycles. The molecule has 0 spiro atoms. The van der Waals surface area contributed by atoms with Gasteiger partial charge in [-0.1, -0.05) is 6.07 Å². The molecule has 3 rings (SSSR count). The number of halogens is 3. The second-order valence-corrected chi connectivity index (χ2v) is 6.58. The number of hydrogen-bond acceptors (Lipinski definition) is 6. The van der Waals surface area contributed by atoms with Crippen LogP contribution in [0.5, 0.6) is 0 Å². The third-order valence-electron chi connectivity index (χ3n) is 4.16. The molecule has 0 aliphatic rings. The molecule has 152 valence electrons. The van der Waals surface area contributed by atoms with Gasteiger partial charge in [-0.3, -0.25) is 4.98 Å². The summed E-state index contributed by atoms with van der Waals surface area (Å²) in [4.78, 5) is 12.8. The fourth-order valence-corrected chi connectivity index (χ4v) is 2.57. The Kier molecular flexibility index (Phi) is 5.97. The van der Waals surface area contributed by atoms with Crippen LogP contribution in [0.15, 0.2) is 48.8 Å². The van der Waals surface area contributed by atoms with Crippen molar-refractivity contribution in [2.75, 3.05) is 17.2 Å². The van der Waals surface area contributed by atoms with Crippen LogP contribution in [0, 0.1) is 6.92 Å². The van der Waals surface area contributed by atoms with Crippen molar-refractivity contribution in [2.24, 2.45) is 0 Å². The monoisotopic (exact) mass is 403 g/mol. The van der Waals surface area contributed by atoms with Crippen LogP contribution < -0.4 is 10.6 Å². The highest BCUT2D eigenvalue weighted by Gasteiger charge is 2.30. The topological polar surface area (TPSA) is 83.0 Å². The second kappa shape index (κ2) is 8.44. The first-order valence-electron chi connectivity index (χ1n) is 8.88. The molecule has 6 nitrogen and oxygen atoms in total. The number of aryl methyl sites for hydroxylation is 1. The zero-order valence-corrected chi connectivity index (χ0v) is 15.8. The van der Waals surface area contributed by atoms with Gasteiger partial charge in [-0.05, 0) is 43.7 Å². The zero-order chi connectivity index (χ0) is 21.0. The van der Waals surface area contributed by atoms with Crippen LogP contribution in [0.2, 0.25) is 0 Å². The number of hydrogen-bond donors (Lipinski definition) is 3. The highest BCUT2D eigenvalue weighted by Crippen LogP contribution is 2.33. The van der Waals surface area contributed by atoms with Gasteiger partial charge in [0.25, 0.3) is 0 Å². The zero-order valence-electron chi connectivity index (χ0n) is 15.8. The van der Waals surface area contributed by atoms with Gasteiger partial charge >= 0.3 is 6.18 Å². The third-order valence-corrected chi connectivity index (χ3v) is 4.16. The van der Waals surface area contributed by atoms with E-state index in [2.05, 4.69) is 25.6 Å². The number of anilines is 3. The number of aliphatic hydroxyl groups excluding tert-OH is 1. The first-order valence-corrected chi connectivity index (χ1v) is 8.88. The average molecular weight is 403 g/mol. The van der Waals surface area contributed by atoms with E-state index in [4.69, 9.17) is 0 Å². The lowest BCUT2D eigenvalue weighted by Gasteiger charge is -2.16. The molecular formula is C20H20F3N5O. The lowest BCUT2D eigenvalue weighted by molar-refractivity contribution is -0.137. The van der Waals surface area contributed by atoms with E-state index in [0.717, 1.165) is 17.7 Å². The lowest BCUT2D eigenvalue weighted by atomic mass is 10.1. The Morgan fingerprint density at radius 1 is 1.14 bits per heavy atom. The van der Waals surface area contributed by atoms with Crippen molar-refractivity contribution in [3.05, 3.63) is 59.9 Å². The summed E-state index contributed by atoms with van der Waals surface area (Å²) in [7, 11) is 0. The summed E-state index contributed by atoms with van der Waals surface area (Å²) in [6.07, 6.45) is -1.19. The molecule has 0 aliphatic heterocycles. The van der Waals surface area contributed by atoms with E-state index in [1.165, 1.54) is 6.07 Å². The number of pyridine rings is 1. The van der Waals surface area contributed by atoms with Crippen LogP contribution >= 0.6 is 0 Å². The van der Waals surface area contributed by atoms with E-state index in [1.54, 1.807) is 38.4 Å². The summed E-state index contributed by atoms with van der Waals surface area (Å²) >= 11 is 0. The number of nitrogens with zero attached hydrogens (tertiary/aromatic N) is 3. The van der Waals surface area contributed by atoms with E-state index < -0.39 is 11.7 Å². The Hall–Kier alpha value is -3.20. The summed E-state index contributed by atoms with van der Waals surface area (Å²) in [5.41, 5.74) is 1.43. The molecule has 29 heavy (non-hydrogen) atoms. The van der Waals surface area contributed by atoms with Gasteiger partial charge in [0.15, 0.2) is 0 Å². The van der Waals surface area contributed by atoms with Crippen molar-refractivity contribution in [3.8, 4) is 11.3 Å². The molecule has 9 heteroatoms. The summed E-state index contributed by atoms with van der Waals surface area (Å²) in [6.45, 7) is 3.33. The predicted molar refractivity (Wildman–Crippen MR) is 105 cm³/mol. The first kappa shape index (κ1) is 20.5. The summed E-state index contributed by atoms with van der Waals surface area (Å²) in [5, 5.41) is 15.2. The number of aliphatic hydroxyl groups is 1. The Morgan fingerprint density at radius 2 is 1.93 bits per heavy atom. The van der Waals surface area contributed by atoms with Gasteiger partial charge in [0.1, 0.15) is 5.82 Å². The van der Waals surface area contributed by atoms with Crippen molar-refractivity contribution in [1.82, 2.24) is 15.0 Å². The Morgan fingerprint density at radius 3 is 2.59 bits per heavy atom. The maximum atomic E-state index is 13.1. The van der Waals surface area contributed by atoms with Gasteiger partial charge in [0, 0.05) is 35.8 Å². The fourth-order valence-electron chi connectivity index (χ4n) is 2.57. The minimum atomic E-state index is -4.44. The summed E-state index contributed by atoms with van der Waals surface area (Å²) in [6, 6.07) is 8.38. The molecule has 3 N–H and O–H groups in total. The molecule has 2 heterocycles. The van der Waals surface area contributed by atoms with Crippen molar-refractivity contribution in [3.63, 3.8) is 0 Å². The van der Waals surface area contributed by atoms with E-state index >= 15 is 0 Å². The molecule has 0 bridgehead atoms. The Balaban J connectivity index is 2.01. The molecule has 0 fully saturated rings. The van der Waals surface area contributed by atoms with Gasteiger partial charge in [0.2, 0.25) is 5.95 Å². The van der Waals surface area contributed by atoms with Crippen LogP contribution in [0.1, 0.15) is 18.1 Å². The molecule has 3 aromatic rings. The minimum Gasteiger partial charge on any atom is -0.394 e. The van der Waals surface area contributed by atoms with Gasteiger partial charge in [-0.25, -0.2) is 4.98 Å². The van der Waals surface area contributed by atoms with E-state index in [9.17, 15) is 18.3 Å². The lowest BCUT2D eigenvalue weighted by Crippen LogP contribution is -2.21. The molecule has 1 atom stereocenters. The van der Waals surface area contributed by atoms with Crippen molar-refractivity contribution in [2.45, 2.75) is 26.1 Å².